The number of carbonyl (C=O) groups is 3. The van der Waals surface area contributed by atoms with Crippen molar-refractivity contribution in [2.75, 3.05) is 26.7 Å². The average molecular weight is 581 g/mol. The Bertz CT molecular complexity index is 1170. The Morgan fingerprint density at radius 2 is 2.02 bits per heavy atom. The number of aldehydes is 1. The summed E-state index contributed by atoms with van der Waals surface area (Å²) < 4.78 is 23.8. The largest absolute Gasteiger partial charge is 0.484 e. The van der Waals surface area contributed by atoms with E-state index >= 15 is 0 Å². The van der Waals surface area contributed by atoms with Gasteiger partial charge in [0, 0.05) is 41.8 Å². The summed E-state index contributed by atoms with van der Waals surface area (Å²) >= 11 is 5.57. The van der Waals surface area contributed by atoms with Crippen molar-refractivity contribution >= 4 is 35.8 Å². The van der Waals surface area contributed by atoms with Crippen LogP contribution in [0.15, 0.2) is 34.9 Å². The van der Waals surface area contributed by atoms with Gasteiger partial charge in [0.1, 0.15) is 11.6 Å². The number of hydrogen-bond acceptors (Lipinski definition) is 8. The van der Waals surface area contributed by atoms with Crippen molar-refractivity contribution in [1.29, 1.82) is 0 Å². The summed E-state index contributed by atoms with van der Waals surface area (Å²) in [7, 11) is 1.91. The maximum Gasteiger partial charge on any atom is 0.290 e. The normalized spacial score (nSPS) is 20.4. The molecule has 1 amide bonds. The van der Waals surface area contributed by atoms with Crippen molar-refractivity contribution in [1.82, 2.24) is 20.5 Å². The Balaban J connectivity index is 0.000000258. The molecule has 220 valence electrons. The van der Waals surface area contributed by atoms with E-state index in [4.69, 9.17) is 30.7 Å². The number of benzene rings is 1. The zero-order valence-corrected chi connectivity index (χ0v) is 24.3. The molecule has 2 heterocycles. The van der Waals surface area contributed by atoms with Gasteiger partial charge in [-0.2, -0.15) is 0 Å². The van der Waals surface area contributed by atoms with Crippen LogP contribution in [0.25, 0.3) is 5.57 Å². The van der Waals surface area contributed by atoms with Crippen LogP contribution >= 0.6 is 11.6 Å². The van der Waals surface area contributed by atoms with Gasteiger partial charge >= 0.3 is 0 Å². The molecule has 2 aromatic rings. The molecule has 0 bridgehead atoms. The Morgan fingerprint density at radius 3 is 2.58 bits per heavy atom. The highest BCUT2D eigenvalue weighted by molar-refractivity contribution is 6.30. The summed E-state index contributed by atoms with van der Waals surface area (Å²) in [5, 5.41) is 13.0. The fraction of sp³-hybridized carbons (Fsp3) is 0.500. The molecule has 4 rings (SSSR count). The summed E-state index contributed by atoms with van der Waals surface area (Å²) in [6, 6.07) is 4.54. The number of halogens is 2. The predicted octanol–water partition coefficient (Wildman–Crippen LogP) is 4.19. The van der Waals surface area contributed by atoms with Crippen LogP contribution in [0, 0.1) is 5.82 Å². The first-order valence-corrected chi connectivity index (χ1v) is 13.2. The monoisotopic (exact) mass is 580 g/mol. The highest BCUT2D eigenvalue weighted by Crippen LogP contribution is 2.31. The first-order chi connectivity index (χ1) is 18.8. The van der Waals surface area contributed by atoms with Crippen molar-refractivity contribution < 1.29 is 33.0 Å². The zero-order valence-electron chi connectivity index (χ0n) is 23.5. The molecular weight excluding hydrogens is 543 g/mol. The molecule has 1 aliphatic carbocycles. The molecule has 12 heteroatoms. The molecule has 2 aliphatic rings. The number of carboxylic acid groups (broad SMARTS) is 1. The third kappa shape index (κ3) is 10.0. The van der Waals surface area contributed by atoms with E-state index in [1.54, 1.807) is 0 Å². The third-order valence-electron chi connectivity index (χ3n) is 6.52. The van der Waals surface area contributed by atoms with Gasteiger partial charge in [-0.1, -0.05) is 17.7 Å². The fourth-order valence-corrected chi connectivity index (χ4v) is 4.50. The molecule has 0 unspecified atom stereocenters. The van der Waals surface area contributed by atoms with E-state index in [9.17, 15) is 14.0 Å². The minimum Gasteiger partial charge on any atom is -0.484 e. The Kier molecular flexibility index (Phi) is 12.3. The number of nitrogens with zero attached hydrogens (tertiary/aromatic N) is 2. The number of rotatable bonds is 7. The van der Waals surface area contributed by atoms with E-state index < -0.39 is 5.82 Å². The second-order valence-electron chi connectivity index (χ2n) is 10.8. The first-order valence-electron chi connectivity index (χ1n) is 12.8. The molecule has 1 saturated carbocycles. The van der Waals surface area contributed by atoms with Gasteiger partial charge < -0.3 is 24.9 Å². The second-order valence-corrected chi connectivity index (χ2v) is 11.2. The Labute approximate surface area is 238 Å². The number of nitrogens with one attached hydrogen (secondary N) is 2. The third-order valence-corrected chi connectivity index (χ3v) is 6.82. The van der Waals surface area contributed by atoms with E-state index in [0.29, 0.717) is 18.2 Å². The number of carbonyl (C=O) groups excluding carboxylic acids is 2. The highest BCUT2D eigenvalue weighted by atomic mass is 35.5. The van der Waals surface area contributed by atoms with E-state index in [0.717, 1.165) is 44.0 Å². The standard InChI is InChI=1S/C14H18ClFN2O2.C13H18N2O2.CH2O2/c1-14(6-9(7-14)17-2)18-13(19)8-20-10-3-4-11(15)12(16)5-10;1-13(2,3)15-6-4-5-10(8-15)12-14-7-11(9-16)17-12;2-1-3/h3-5,9,17H,6-8H2,1-2H3,(H,18,19);5,7,9H,4,6,8H2,1-3H3;1H,(H,2,3). The van der Waals surface area contributed by atoms with Crippen LogP contribution in [0.4, 0.5) is 4.39 Å². The van der Waals surface area contributed by atoms with Gasteiger partial charge in [0.05, 0.1) is 11.2 Å². The van der Waals surface area contributed by atoms with Crippen LogP contribution in [0.2, 0.25) is 5.02 Å². The first kappa shape index (κ1) is 32.9. The molecule has 1 fully saturated rings. The summed E-state index contributed by atoms with van der Waals surface area (Å²) in [4.78, 5) is 37.2. The van der Waals surface area contributed by atoms with Gasteiger partial charge in [-0.25, -0.2) is 9.37 Å². The molecule has 40 heavy (non-hydrogen) atoms. The SMILES string of the molecule is CC(C)(C)N1CCC=C(c2ncc(C=O)o2)C1.CNC1CC(C)(NC(=O)COc2ccc(Cl)c(F)c2)C1.O=CO. The molecule has 1 aromatic carbocycles. The fourth-order valence-electron chi connectivity index (χ4n) is 4.38. The van der Waals surface area contributed by atoms with Gasteiger partial charge in [-0.05, 0) is 66.1 Å². The molecule has 0 radical (unpaired) electrons. The summed E-state index contributed by atoms with van der Waals surface area (Å²) in [6.07, 6.45) is 7.07. The lowest BCUT2D eigenvalue weighted by Gasteiger charge is -2.45. The smallest absolute Gasteiger partial charge is 0.290 e. The number of ether oxygens (including phenoxy) is 1. The molecule has 1 aliphatic heterocycles. The molecule has 10 nitrogen and oxygen atoms in total. The van der Waals surface area contributed by atoms with E-state index in [1.807, 2.05) is 14.0 Å². The lowest BCUT2D eigenvalue weighted by Crippen LogP contribution is -2.61. The van der Waals surface area contributed by atoms with Crippen LogP contribution in [0.5, 0.6) is 5.75 Å². The maximum absolute atomic E-state index is 13.2. The lowest BCUT2D eigenvalue weighted by atomic mass is 9.74. The molecule has 0 atom stereocenters. The Hall–Kier alpha value is -3.28. The minimum atomic E-state index is -0.563. The molecule has 3 N–H and O–H groups in total. The lowest BCUT2D eigenvalue weighted by molar-refractivity contribution is -0.126. The summed E-state index contributed by atoms with van der Waals surface area (Å²) in [5.74, 6) is 0.369. The van der Waals surface area contributed by atoms with Crippen LogP contribution in [0.3, 0.4) is 0 Å². The predicted molar refractivity (Wildman–Crippen MR) is 150 cm³/mol. The summed E-state index contributed by atoms with van der Waals surface area (Å²) in [6.45, 7) is 10.1. The average Bonchev–Trinajstić information content (AvgIpc) is 3.38. The van der Waals surface area contributed by atoms with Crippen LogP contribution in [-0.4, -0.2) is 77.5 Å². The quantitative estimate of drug-likeness (QED) is 0.412. The van der Waals surface area contributed by atoms with Crippen molar-refractivity contribution in [2.45, 2.75) is 64.1 Å². The van der Waals surface area contributed by atoms with Crippen LogP contribution in [0.1, 0.15) is 63.4 Å². The number of hydrogen-bond donors (Lipinski definition) is 3. The minimum absolute atomic E-state index is 0.0295. The van der Waals surface area contributed by atoms with Gasteiger partial charge in [-0.15, -0.1) is 0 Å². The molecular formula is C28H38ClFN4O6. The van der Waals surface area contributed by atoms with Crippen molar-refractivity contribution in [3.8, 4) is 5.75 Å². The number of oxazole rings is 1. The van der Waals surface area contributed by atoms with Crippen LogP contribution < -0.4 is 15.4 Å². The summed E-state index contributed by atoms with van der Waals surface area (Å²) in [5.41, 5.74) is 1.03. The van der Waals surface area contributed by atoms with Gasteiger partial charge in [0.15, 0.2) is 18.7 Å². The second kappa shape index (κ2) is 14.9. The van der Waals surface area contributed by atoms with Gasteiger partial charge in [0.2, 0.25) is 5.89 Å². The van der Waals surface area contributed by atoms with E-state index in [1.165, 1.54) is 18.3 Å². The number of aromatic nitrogens is 1. The molecule has 0 spiro atoms. The molecule has 1 aromatic heterocycles. The Morgan fingerprint density at radius 1 is 1.35 bits per heavy atom. The van der Waals surface area contributed by atoms with Crippen molar-refractivity contribution in [2.24, 2.45) is 0 Å². The van der Waals surface area contributed by atoms with Gasteiger partial charge in [0.25, 0.3) is 12.4 Å². The highest BCUT2D eigenvalue weighted by Gasteiger charge is 2.40. The van der Waals surface area contributed by atoms with Gasteiger partial charge in [-0.3, -0.25) is 19.3 Å². The van der Waals surface area contributed by atoms with Crippen molar-refractivity contribution in [3.63, 3.8) is 0 Å². The van der Waals surface area contributed by atoms with Crippen LogP contribution in [-0.2, 0) is 9.59 Å². The van der Waals surface area contributed by atoms with Crippen molar-refractivity contribution in [3.05, 3.63) is 53.0 Å². The topological polar surface area (TPSA) is 134 Å². The maximum atomic E-state index is 13.2. The van der Waals surface area contributed by atoms with E-state index in [2.05, 4.69) is 47.4 Å². The molecule has 0 saturated heterocycles. The number of amides is 1. The van der Waals surface area contributed by atoms with E-state index in [-0.39, 0.29) is 46.6 Å². The zero-order chi connectivity index (χ0) is 29.9.